The van der Waals surface area contributed by atoms with E-state index >= 15 is 0 Å². The molecular formula is C25H19N5OS. The van der Waals surface area contributed by atoms with E-state index in [1.165, 1.54) is 11.3 Å². The standard InChI is InChI=1S/C25H19N5OS/c1-17(24(31)29-25-26-12-13-32-25)22(18-8-4-2-5-9-18)19-14-20-16-28-30(23(20)27-15-19)21-10-6-3-7-11-21/h2-16,22H,1H2,(H,26,29,31). The molecule has 0 aliphatic heterocycles. The Hall–Kier alpha value is -4.10. The van der Waals surface area contributed by atoms with Crippen LogP contribution >= 0.6 is 11.3 Å². The second kappa shape index (κ2) is 8.56. The molecule has 0 radical (unpaired) electrons. The number of anilines is 1. The van der Waals surface area contributed by atoms with Gasteiger partial charge in [0.05, 0.1) is 11.9 Å². The zero-order valence-corrected chi connectivity index (χ0v) is 17.9. The Bertz CT molecular complexity index is 1380. The highest BCUT2D eigenvalue weighted by Gasteiger charge is 2.24. The van der Waals surface area contributed by atoms with Crippen molar-refractivity contribution >= 4 is 33.4 Å². The van der Waals surface area contributed by atoms with Gasteiger partial charge in [-0.1, -0.05) is 55.1 Å². The Kier molecular flexibility index (Phi) is 5.31. The van der Waals surface area contributed by atoms with Gasteiger partial charge in [0.1, 0.15) is 0 Å². The van der Waals surface area contributed by atoms with E-state index in [-0.39, 0.29) is 11.8 Å². The molecule has 0 fully saturated rings. The van der Waals surface area contributed by atoms with Crippen molar-refractivity contribution in [3.05, 3.63) is 114 Å². The molecule has 0 saturated carbocycles. The molecule has 2 aromatic carbocycles. The minimum Gasteiger partial charge on any atom is -0.298 e. The Morgan fingerprint density at radius 1 is 0.969 bits per heavy atom. The fraction of sp³-hybridized carbons (Fsp3) is 0.0400. The molecule has 5 rings (SSSR count). The second-order valence-corrected chi connectivity index (χ2v) is 8.13. The van der Waals surface area contributed by atoms with Crippen LogP contribution in [0.3, 0.4) is 0 Å². The maximum atomic E-state index is 13.0. The number of carbonyl (C=O) groups excluding carboxylic acids is 1. The van der Waals surface area contributed by atoms with Crippen molar-refractivity contribution < 1.29 is 4.79 Å². The number of rotatable bonds is 6. The smallest absolute Gasteiger partial charge is 0.253 e. The summed E-state index contributed by atoms with van der Waals surface area (Å²) < 4.78 is 1.81. The first-order valence-corrected chi connectivity index (χ1v) is 10.9. The summed E-state index contributed by atoms with van der Waals surface area (Å²) >= 11 is 1.37. The molecule has 3 aromatic heterocycles. The predicted molar refractivity (Wildman–Crippen MR) is 127 cm³/mol. The molecule has 3 heterocycles. The van der Waals surface area contributed by atoms with Crippen LogP contribution in [0.2, 0.25) is 0 Å². The molecule has 0 aliphatic rings. The third-order valence-corrected chi connectivity index (χ3v) is 5.88. The number of pyridine rings is 1. The topological polar surface area (TPSA) is 72.7 Å². The molecule has 0 bridgehead atoms. The van der Waals surface area contributed by atoms with Crippen molar-refractivity contribution in [2.75, 3.05) is 5.32 Å². The van der Waals surface area contributed by atoms with Gasteiger partial charge < -0.3 is 0 Å². The minimum atomic E-state index is -0.354. The molecule has 7 heteroatoms. The molecule has 1 atom stereocenters. The highest BCUT2D eigenvalue weighted by Crippen LogP contribution is 2.33. The van der Waals surface area contributed by atoms with Crippen LogP contribution < -0.4 is 5.32 Å². The largest absolute Gasteiger partial charge is 0.298 e. The summed E-state index contributed by atoms with van der Waals surface area (Å²) in [6.45, 7) is 4.14. The van der Waals surface area contributed by atoms with Crippen LogP contribution in [-0.2, 0) is 4.79 Å². The molecule has 1 amide bonds. The number of amides is 1. The van der Waals surface area contributed by atoms with Crippen molar-refractivity contribution in [1.29, 1.82) is 0 Å². The number of hydrogen-bond donors (Lipinski definition) is 1. The van der Waals surface area contributed by atoms with Crippen LogP contribution in [0.1, 0.15) is 17.0 Å². The number of thiazole rings is 1. The summed E-state index contributed by atoms with van der Waals surface area (Å²) in [6, 6.07) is 21.7. The van der Waals surface area contributed by atoms with Gasteiger partial charge in [-0.25, -0.2) is 14.6 Å². The molecule has 0 saturated heterocycles. The normalized spacial score (nSPS) is 11.9. The molecule has 1 unspecified atom stereocenters. The average Bonchev–Trinajstić information content (AvgIpc) is 3.50. The number of aromatic nitrogens is 4. The SMILES string of the molecule is C=C(C(=O)Nc1nccs1)C(c1ccccc1)c1cnc2c(cnn2-c2ccccc2)c1. The van der Waals surface area contributed by atoms with Crippen LogP contribution in [-0.4, -0.2) is 25.7 Å². The molecule has 32 heavy (non-hydrogen) atoms. The Morgan fingerprint density at radius 3 is 2.44 bits per heavy atom. The summed E-state index contributed by atoms with van der Waals surface area (Å²) in [7, 11) is 0. The first kappa shape index (κ1) is 19.8. The monoisotopic (exact) mass is 437 g/mol. The van der Waals surface area contributed by atoms with E-state index in [0.29, 0.717) is 10.7 Å². The minimum absolute atomic E-state index is 0.270. The van der Waals surface area contributed by atoms with Crippen molar-refractivity contribution in [3.63, 3.8) is 0 Å². The molecule has 5 aromatic rings. The van der Waals surface area contributed by atoms with Crippen molar-refractivity contribution in [1.82, 2.24) is 19.7 Å². The lowest BCUT2D eigenvalue weighted by Gasteiger charge is -2.20. The predicted octanol–water partition coefficient (Wildman–Crippen LogP) is 5.20. The Morgan fingerprint density at radius 2 is 1.72 bits per heavy atom. The summed E-state index contributed by atoms with van der Waals surface area (Å²) in [5.41, 5.74) is 3.95. The number of para-hydroxylation sites is 1. The lowest BCUT2D eigenvalue weighted by atomic mass is 9.85. The van der Waals surface area contributed by atoms with Gasteiger partial charge in [-0.15, -0.1) is 11.3 Å². The number of fused-ring (bicyclic) bond motifs is 1. The Labute approximate surface area is 188 Å². The van der Waals surface area contributed by atoms with Gasteiger partial charge in [0.2, 0.25) is 0 Å². The number of benzene rings is 2. The first-order valence-electron chi connectivity index (χ1n) is 10.0. The highest BCUT2D eigenvalue weighted by atomic mass is 32.1. The van der Waals surface area contributed by atoms with Gasteiger partial charge in [0.15, 0.2) is 10.8 Å². The third kappa shape index (κ3) is 3.81. The van der Waals surface area contributed by atoms with E-state index in [9.17, 15) is 4.79 Å². The highest BCUT2D eigenvalue weighted by molar-refractivity contribution is 7.13. The number of nitrogens with one attached hydrogen (secondary N) is 1. The van der Waals surface area contributed by atoms with Crippen LogP contribution in [0.15, 0.2) is 103 Å². The zero-order chi connectivity index (χ0) is 21.9. The van der Waals surface area contributed by atoms with E-state index in [2.05, 4.69) is 22.0 Å². The van der Waals surface area contributed by atoms with E-state index in [1.807, 2.05) is 72.1 Å². The van der Waals surface area contributed by atoms with Crippen LogP contribution in [0, 0.1) is 0 Å². The van der Waals surface area contributed by atoms with Crippen LogP contribution in [0.4, 0.5) is 5.13 Å². The molecule has 1 N–H and O–H groups in total. The fourth-order valence-corrected chi connectivity index (χ4v) is 4.21. The fourth-order valence-electron chi connectivity index (χ4n) is 3.69. The van der Waals surface area contributed by atoms with Crippen LogP contribution in [0.5, 0.6) is 0 Å². The average molecular weight is 438 g/mol. The summed E-state index contributed by atoms with van der Waals surface area (Å²) in [5.74, 6) is -0.623. The molecular weight excluding hydrogens is 418 g/mol. The number of carbonyl (C=O) groups is 1. The van der Waals surface area contributed by atoms with E-state index < -0.39 is 0 Å². The molecule has 0 aliphatic carbocycles. The van der Waals surface area contributed by atoms with Crippen LogP contribution in [0.25, 0.3) is 16.7 Å². The number of hydrogen-bond acceptors (Lipinski definition) is 5. The molecule has 0 spiro atoms. The lowest BCUT2D eigenvalue weighted by molar-refractivity contribution is -0.113. The summed E-state index contributed by atoms with van der Waals surface area (Å²) in [4.78, 5) is 21.8. The Balaban J connectivity index is 1.54. The van der Waals surface area contributed by atoms with Crippen molar-refractivity contribution in [3.8, 4) is 5.69 Å². The maximum Gasteiger partial charge on any atom is 0.253 e. The van der Waals surface area contributed by atoms with Gasteiger partial charge in [-0.05, 0) is 29.3 Å². The third-order valence-electron chi connectivity index (χ3n) is 5.19. The van der Waals surface area contributed by atoms with Gasteiger partial charge in [-0.3, -0.25) is 10.1 Å². The van der Waals surface area contributed by atoms with Gasteiger partial charge in [0.25, 0.3) is 5.91 Å². The maximum absolute atomic E-state index is 13.0. The number of nitrogens with zero attached hydrogens (tertiary/aromatic N) is 4. The lowest BCUT2D eigenvalue weighted by Crippen LogP contribution is -2.19. The van der Waals surface area contributed by atoms with Gasteiger partial charge >= 0.3 is 0 Å². The van der Waals surface area contributed by atoms with E-state index in [4.69, 9.17) is 4.98 Å². The van der Waals surface area contributed by atoms with Gasteiger partial charge in [-0.2, -0.15) is 5.10 Å². The molecule has 156 valence electrons. The van der Waals surface area contributed by atoms with Gasteiger partial charge in [0, 0.05) is 34.7 Å². The summed E-state index contributed by atoms with van der Waals surface area (Å²) in [5, 5.41) is 10.6. The zero-order valence-electron chi connectivity index (χ0n) is 17.1. The summed E-state index contributed by atoms with van der Waals surface area (Å²) in [6.07, 6.45) is 5.24. The quantitative estimate of drug-likeness (QED) is 0.371. The van der Waals surface area contributed by atoms with Crippen molar-refractivity contribution in [2.24, 2.45) is 0 Å². The van der Waals surface area contributed by atoms with E-state index in [0.717, 1.165) is 27.8 Å². The first-order chi connectivity index (χ1) is 15.7. The molecule has 6 nitrogen and oxygen atoms in total. The van der Waals surface area contributed by atoms with E-state index in [1.54, 1.807) is 23.3 Å². The van der Waals surface area contributed by atoms with Crippen molar-refractivity contribution in [2.45, 2.75) is 5.92 Å². The second-order valence-electron chi connectivity index (χ2n) is 7.23.